The quantitative estimate of drug-likeness (QED) is 0.836. The van der Waals surface area contributed by atoms with Gasteiger partial charge in [0.2, 0.25) is 5.91 Å². The molecule has 1 aliphatic rings. The van der Waals surface area contributed by atoms with Gasteiger partial charge in [0.25, 0.3) is 0 Å². The van der Waals surface area contributed by atoms with Crippen LogP contribution in [0, 0.1) is 5.41 Å². The average molecular weight is 235 g/mol. The Balaban J connectivity index is 2.07. The van der Waals surface area contributed by atoms with Crippen molar-refractivity contribution in [3.8, 4) is 5.75 Å². The van der Waals surface area contributed by atoms with Gasteiger partial charge in [-0.1, -0.05) is 12.5 Å². The van der Waals surface area contributed by atoms with Crippen LogP contribution in [0.1, 0.15) is 19.3 Å². The van der Waals surface area contributed by atoms with Crippen LogP contribution in [0.25, 0.3) is 0 Å². The van der Waals surface area contributed by atoms with Crippen LogP contribution in [-0.4, -0.2) is 24.7 Å². The number of anilines is 1. The molecular formula is C13H17NO3. The number of nitrogens with one attached hydrogen (secondary N) is 1. The van der Waals surface area contributed by atoms with Crippen molar-refractivity contribution in [2.24, 2.45) is 5.41 Å². The summed E-state index contributed by atoms with van der Waals surface area (Å²) in [5, 5.41) is 12.1. The molecule has 0 heterocycles. The van der Waals surface area contributed by atoms with Gasteiger partial charge in [-0.15, -0.1) is 0 Å². The molecule has 1 fully saturated rings. The lowest BCUT2D eigenvalue weighted by molar-refractivity contribution is -0.133. The fourth-order valence-corrected chi connectivity index (χ4v) is 2.03. The summed E-state index contributed by atoms with van der Waals surface area (Å²) in [5.74, 6) is 0.606. The van der Waals surface area contributed by atoms with Crippen LogP contribution in [0.3, 0.4) is 0 Å². The molecule has 0 atom stereocenters. The molecular weight excluding hydrogens is 218 g/mol. The molecule has 1 saturated carbocycles. The van der Waals surface area contributed by atoms with E-state index < -0.39 is 5.41 Å². The summed E-state index contributed by atoms with van der Waals surface area (Å²) >= 11 is 0. The smallest absolute Gasteiger partial charge is 0.232 e. The highest BCUT2D eigenvalue weighted by Crippen LogP contribution is 2.41. The molecule has 0 saturated heterocycles. The number of benzene rings is 1. The summed E-state index contributed by atoms with van der Waals surface area (Å²) in [6.45, 7) is -0.0806. The zero-order valence-corrected chi connectivity index (χ0v) is 9.90. The first kappa shape index (κ1) is 11.9. The molecule has 0 radical (unpaired) electrons. The number of rotatable bonds is 4. The summed E-state index contributed by atoms with van der Waals surface area (Å²) in [5.41, 5.74) is 0.136. The van der Waals surface area contributed by atoms with Crippen molar-refractivity contribution < 1.29 is 14.6 Å². The Labute approximate surface area is 101 Å². The highest BCUT2D eigenvalue weighted by Gasteiger charge is 2.43. The minimum atomic E-state index is -0.566. The summed E-state index contributed by atoms with van der Waals surface area (Å²) in [6.07, 6.45) is 2.53. The Morgan fingerprint density at radius 1 is 1.53 bits per heavy atom. The summed E-state index contributed by atoms with van der Waals surface area (Å²) in [7, 11) is 1.59. The van der Waals surface area contributed by atoms with Gasteiger partial charge >= 0.3 is 0 Å². The van der Waals surface area contributed by atoms with E-state index in [-0.39, 0.29) is 12.5 Å². The number of hydrogen-bond acceptors (Lipinski definition) is 3. The lowest BCUT2D eigenvalue weighted by Crippen LogP contribution is -2.44. The summed E-state index contributed by atoms with van der Waals surface area (Å²) in [4.78, 5) is 12.0. The van der Waals surface area contributed by atoms with Gasteiger partial charge in [-0.05, 0) is 25.0 Å². The first-order chi connectivity index (χ1) is 8.20. The summed E-state index contributed by atoms with van der Waals surface area (Å²) < 4.78 is 5.09. The van der Waals surface area contributed by atoms with Crippen LogP contribution in [0.15, 0.2) is 24.3 Å². The molecule has 4 heteroatoms. The predicted molar refractivity (Wildman–Crippen MR) is 65.0 cm³/mol. The van der Waals surface area contributed by atoms with Gasteiger partial charge in [-0.3, -0.25) is 4.79 Å². The van der Waals surface area contributed by atoms with E-state index >= 15 is 0 Å². The van der Waals surface area contributed by atoms with Crippen LogP contribution < -0.4 is 10.1 Å². The molecule has 0 bridgehead atoms. The van der Waals surface area contributed by atoms with Gasteiger partial charge in [0, 0.05) is 11.8 Å². The number of ether oxygens (including phenoxy) is 1. The van der Waals surface area contributed by atoms with Crippen molar-refractivity contribution in [2.45, 2.75) is 19.3 Å². The maximum absolute atomic E-state index is 12.0. The SMILES string of the molecule is COc1cccc(NC(=O)C2(CO)CCC2)c1. The van der Waals surface area contributed by atoms with Crippen LogP contribution in [-0.2, 0) is 4.79 Å². The van der Waals surface area contributed by atoms with Crippen molar-refractivity contribution >= 4 is 11.6 Å². The molecule has 2 N–H and O–H groups in total. The maximum atomic E-state index is 12.0. The third-order valence-corrected chi connectivity index (χ3v) is 3.42. The number of carbonyl (C=O) groups excluding carboxylic acids is 1. The van der Waals surface area contributed by atoms with Gasteiger partial charge in [0.15, 0.2) is 0 Å². The van der Waals surface area contributed by atoms with Crippen molar-refractivity contribution in [1.82, 2.24) is 0 Å². The molecule has 92 valence electrons. The van der Waals surface area contributed by atoms with E-state index in [1.165, 1.54) is 0 Å². The molecule has 1 aromatic carbocycles. The minimum Gasteiger partial charge on any atom is -0.497 e. The second kappa shape index (κ2) is 4.75. The van der Waals surface area contributed by atoms with E-state index in [1.54, 1.807) is 13.2 Å². The molecule has 1 amide bonds. The van der Waals surface area contributed by atoms with E-state index in [4.69, 9.17) is 4.74 Å². The second-order valence-electron chi connectivity index (χ2n) is 4.48. The van der Waals surface area contributed by atoms with Crippen LogP contribution in [0.5, 0.6) is 5.75 Å². The monoisotopic (exact) mass is 235 g/mol. The molecule has 0 spiro atoms. The molecule has 0 aromatic heterocycles. The van der Waals surface area contributed by atoms with Crippen LogP contribution in [0.2, 0.25) is 0 Å². The Bertz CT molecular complexity index is 407. The van der Waals surface area contributed by atoms with Gasteiger partial charge in [0.05, 0.1) is 19.1 Å². The van der Waals surface area contributed by atoms with Crippen LogP contribution >= 0.6 is 0 Å². The Hall–Kier alpha value is -1.55. The normalized spacial score (nSPS) is 17.1. The fraction of sp³-hybridized carbons (Fsp3) is 0.462. The van der Waals surface area contributed by atoms with E-state index in [1.807, 2.05) is 18.2 Å². The maximum Gasteiger partial charge on any atom is 0.232 e. The van der Waals surface area contributed by atoms with Gasteiger partial charge in [0.1, 0.15) is 5.75 Å². The highest BCUT2D eigenvalue weighted by atomic mass is 16.5. The third-order valence-electron chi connectivity index (χ3n) is 3.42. The minimum absolute atomic E-state index is 0.0806. The van der Waals surface area contributed by atoms with Gasteiger partial charge in [-0.2, -0.15) is 0 Å². The number of methoxy groups -OCH3 is 1. The fourth-order valence-electron chi connectivity index (χ4n) is 2.03. The summed E-state index contributed by atoms with van der Waals surface area (Å²) in [6, 6.07) is 7.22. The van der Waals surface area contributed by atoms with Crippen molar-refractivity contribution in [1.29, 1.82) is 0 Å². The molecule has 0 unspecified atom stereocenters. The predicted octanol–water partition coefficient (Wildman–Crippen LogP) is 1.80. The standard InChI is InChI=1S/C13H17NO3/c1-17-11-5-2-4-10(8-11)14-12(16)13(9-15)6-3-7-13/h2,4-5,8,15H,3,6-7,9H2,1H3,(H,14,16). The highest BCUT2D eigenvalue weighted by molar-refractivity contribution is 5.96. The zero-order valence-electron chi connectivity index (χ0n) is 9.90. The second-order valence-corrected chi connectivity index (χ2v) is 4.48. The number of carbonyl (C=O) groups is 1. The molecule has 2 rings (SSSR count). The number of aliphatic hydroxyl groups excluding tert-OH is 1. The lowest BCUT2D eigenvalue weighted by atomic mass is 9.68. The van der Waals surface area contributed by atoms with Crippen molar-refractivity contribution in [2.75, 3.05) is 19.0 Å². The van der Waals surface area contributed by atoms with Crippen LogP contribution in [0.4, 0.5) is 5.69 Å². The first-order valence-electron chi connectivity index (χ1n) is 5.76. The zero-order chi connectivity index (χ0) is 12.3. The number of amides is 1. The molecule has 1 aromatic rings. The van der Waals surface area contributed by atoms with E-state index in [9.17, 15) is 9.90 Å². The van der Waals surface area contributed by atoms with E-state index in [0.717, 1.165) is 19.3 Å². The van der Waals surface area contributed by atoms with E-state index in [2.05, 4.69) is 5.32 Å². The average Bonchev–Trinajstić information content (AvgIpc) is 2.28. The number of aliphatic hydroxyl groups is 1. The topological polar surface area (TPSA) is 58.6 Å². The van der Waals surface area contributed by atoms with E-state index in [0.29, 0.717) is 11.4 Å². The number of hydrogen-bond donors (Lipinski definition) is 2. The lowest BCUT2D eigenvalue weighted by Gasteiger charge is -2.38. The van der Waals surface area contributed by atoms with Crippen molar-refractivity contribution in [3.63, 3.8) is 0 Å². The molecule has 1 aliphatic carbocycles. The third kappa shape index (κ3) is 2.26. The molecule has 17 heavy (non-hydrogen) atoms. The Morgan fingerprint density at radius 3 is 2.82 bits per heavy atom. The van der Waals surface area contributed by atoms with Gasteiger partial charge in [-0.25, -0.2) is 0 Å². The van der Waals surface area contributed by atoms with Crippen molar-refractivity contribution in [3.05, 3.63) is 24.3 Å². The Morgan fingerprint density at radius 2 is 2.29 bits per heavy atom. The van der Waals surface area contributed by atoms with Gasteiger partial charge < -0.3 is 15.2 Å². The first-order valence-corrected chi connectivity index (χ1v) is 5.76. The molecule has 4 nitrogen and oxygen atoms in total. The molecule has 0 aliphatic heterocycles. The largest absolute Gasteiger partial charge is 0.497 e. The Kier molecular flexibility index (Phi) is 3.33.